The smallest absolute Gasteiger partial charge is 0.222 e. The van der Waals surface area contributed by atoms with Gasteiger partial charge in [0, 0.05) is 45.0 Å². The molecule has 0 spiro atoms. The molecule has 140 valence electrons. The zero-order valence-electron chi connectivity index (χ0n) is 14.5. The molecule has 1 saturated heterocycles. The molecule has 0 radical (unpaired) electrons. The van der Waals surface area contributed by atoms with E-state index in [0.717, 1.165) is 0 Å². The zero-order valence-corrected chi connectivity index (χ0v) is 15.3. The summed E-state index contributed by atoms with van der Waals surface area (Å²) in [4.78, 5) is 19.7. The lowest BCUT2D eigenvalue weighted by atomic mass is 10.3. The minimum absolute atomic E-state index is 0.0864. The summed E-state index contributed by atoms with van der Waals surface area (Å²) in [6.45, 7) is 4.86. The molecule has 1 aromatic heterocycles. The summed E-state index contributed by atoms with van der Waals surface area (Å²) in [5, 5.41) is 5.55. The van der Waals surface area contributed by atoms with Gasteiger partial charge in [0.05, 0.1) is 18.0 Å². The number of aromatic nitrogens is 2. The van der Waals surface area contributed by atoms with Crippen molar-refractivity contribution in [2.24, 2.45) is 0 Å². The fourth-order valence-corrected chi connectivity index (χ4v) is 4.07. The van der Waals surface area contributed by atoms with Gasteiger partial charge >= 0.3 is 0 Å². The van der Waals surface area contributed by atoms with Gasteiger partial charge in [-0.1, -0.05) is 0 Å². The van der Waals surface area contributed by atoms with E-state index < -0.39 is 10.0 Å². The summed E-state index contributed by atoms with van der Waals surface area (Å²) in [6, 6.07) is 1.70. The Morgan fingerprint density at radius 2 is 1.88 bits per heavy atom. The van der Waals surface area contributed by atoms with Crippen LogP contribution in [0.2, 0.25) is 0 Å². The SMILES string of the molecule is C[C@H]1CN(S(=O)(=O)CCNC(=O)CCNc2ncccn2)C[C@H](C)O1. The third kappa shape index (κ3) is 6.56. The van der Waals surface area contributed by atoms with Crippen molar-refractivity contribution in [1.82, 2.24) is 19.6 Å². The monoisotopic (exact) mass is 371 g/mol. The Balaban J connectivity index is 1.67. The molecule has 2 rings (SSSR count). The largest absolute Gasteiger partial charge is 0.373 e. The molecular formula is C15H25N5O4S. The van der Waals surface area contributed by atoms with Gasteiger partial charge in [-0.15, -0.1) is 0 Å². The van der Waals surface area contributed by atoms with E-state index in [-0.39, 0.29) is 36.8 Å². The lowest BCUT2D eigenvalue weighted by Crippen LogP contribution is -2.49. The van der Waals surface area contributed by atoms with Crippen molar-refractivity contribution >= 4 is 21.9 Å². The quantitative estimate of drug-likeness (QED) is 0.652. The summed E-state index contributed by atoms with van der Waals surface area (Å²) >= 11 is 0. The number of ether oxygens (including phenoxy) is 1. The van der Waals surface area contributed by atoms with E-state index in [1.54, 1.807) is 18.5 Å². The van der Waals surface area contributed by atoms with Crippen LogP contribution in [0.5, 0.6) is 0 Å². The maximum absolute atomic E-state index is 12.3. The van der Waals surface area contributed by atoms with Crippen molar-refractivity contribution in [2.75, 3.05) is 37.2 Å². The molecule has 10 heteroatoms. The summed E-state index contributed by atoms with van der Waals surface area (Å²) in [6.07, 6.45) is 3.17. The third-order valence-electron chi connectivity index (χ3n) is 3.66. The van der Waals surface area contributed by atoms with Crippen molar-refractivity contribution < 1.29 is 17.9 Å². The minimum atomic E-state index is -3.41. The van der Waals surface area contributed by atoms with Gasteiger partial charge in [-0.3, -0.25) is 4.79 Å². The van der Waals surface area contributed by atoms with Crippen LogP contribution in [0.25, 0.3) is 0 Å². The molecule has 0 bridgehead atoms. The van der Waals surface area contributed by atoms with E-state index in [4.69, 9.17) is 4.74 Å². The summed E-state index contributed by atoms with van der Waals surface area (Å²) in [5.41, 5.74) is 0. The summed E-state index contributed by atoms with van der Waals surface area (Å²) in [5.74, 6) is 0.115. The van der Waals surface area contributed by atoms with Crippen LogP contribution in [0.3, 0.4) is 0 Å². The average molecular weight is 371 g/mol. The number of morpholine rings is 1. The topological polar surface area (TPSA) is 114 Å². The van der Waals surface area contributed by atoms with Gasteiger partial charge in [-0.2, -0.15) is 4.31 Å². The van der Waals surface area contributed by atoms with Crippen molar-refractivity contribution in [3.63, 3.8) is 0 Å². The molecule has 0 aliphatic carbocycles. The molecule has 2 N–H and O–H groups in total. The van der Waals surface area contributed by atoms with Crippen molar-refractivity contribution in [2.45, 2.75) is 32.5 Å². The Labute approximate surface area is 148 Å². The van der Waals surface area contributed by atoms with E-state index >= 15 is 0 Å². The summed E-state index contributed by atoms with van der Waals surface area (Å²) in [7, 11) is -3.41. The molecule has 9 nitrogen and oxygen atoms in total. The Kier molecular flexibility index (Phi) is 7.09. The Bertz CT molecular complexity index is 645. The lowest BCUT2D eigenvalue weighted by Gasteiger charge is -2.34. The molecule has 2 atom stereocenters. The number of carbonyl (C=O) groups is 1. The number of hydrogen-bond acceptors (Lipinski definition) is 7. The van der Waals surface area contributed by atoms with Gasteiger partial charge in [0.1, 0.15) is 0 Å². The van der Waals surface area contributed by atoms with E-state index in [1.807, 2.05) is 13.8 Å². The van der Waals surface area contributed by atoms with E-state index in [0.29, 0.717) is 25.6 Å². The average Bonchev–Trinajstić information content (AvgIpc) is 2.55. The molecule has 1 amide bonds. The molecule has 2 heterocycles. The highest BCUT2D eigenvalue weighted by Gasteiger charge is 2.30. The molecule has 0 saturated carbocycles. The first-order valence-electron chi connectivity index (χ1n) is 8.27. The van der Waals surface area contributed by atoms with Gasteiger partial charge in [0.15, 0.2) is 0 Å². The number of carbonyl (C=O) groups excluding carboxylic acids is 1. The Morgan fingerprint density at radius 1 is 1.24 bits per heavy atom. The highest BCUT2D eigenvalue weighted by Crippen LogP contribution is 2.14. The van der Waals surface area contributed by atoms with Crippen LogP contribution in [0, 0.1) is 0 Å². The second-order valence-electron chi connectivity index (χ2n) is 5.99. The van der Waals surface area contributed by atoms with Crippen LogP contribution in [0.15, 0.2) is 18.5 Å². The molecule has 1 fully saturated rings. The fraction of sp³-hybridized carbons (Fsp3) is 0.667. The van der Waals surface area contributed by atoms with Crippen LogP contribution >= 0.6 is 0 Å². The normalized spacial score (nSPS) is 21.7. The maximum atomic E-state index is 12.3. The summed E-state index contributed by atoms with van der Waals surface area (Å²) < 4.78 is 31.7. The molecule has 1 aliphatic heterocycles. The van der Waals surface area contributed by atoms with Crippen LogP contribution in [0.1, 0.15) is 20.3 Å². The van der Waals surface area contributed by atoms with Gasteiger partial charge in [0.2, 0.25) is 21.9 Å². The fourth-order valence-electron chi connectivity index (χ4n) is 2.57. The molecule has 0 aromatic carbocycles. The predicted octanol–water partition coefficient (Wildman–Crippen LogP) is -0.166. The standard InChI is InChI=1S/C15H25N5O4S/c1-12-10-20(11-13(2)24-12)25(22,23)9-8-16-14(21)4-7-19-15-17-5-3-6-18-15/h3,5-6,12-13H,4,7-11H2,1-2H3,(H,16,21)(H,17,18,19)/t12-,13-/m0/s1. The van der Waals surface area contributed by atoms with E-state index in [1.165, 1.54) is 4.31 Å². The van der Waals surface area contributed by atoms with Crippen LogP contribution in [-0.4, -0.2) is 72.7 Å². The number of nitrogens with one attached hydrogen (secondary N) is 2. The predicted molar refractivity (Wildman–Crippen MR) is 93.5 cm³/mol. The van der Waals surface area contributed by atoms with Crippen LogP contribution < -0.4 is 10.6 Å². The van der Waals surface area contributed by atoms with Crippen LogP contribution in [-0.2, 0) is 19.6 Å². The molecule has 1 aliphatic rings. The highest BCUT2D eigenvalue weighted by molar-refractivity contribution is 7.89. The van der Waals surface area contributed by atoms with E-state index in [9.17, 15) is 13.2 Å². The van der Waals surface area contributed by atoms with Crippen molar-refractivity contribution in [3.05, 3.63) is 18.5 Å². The first kappa shape index (κ1) is 19.5. The number of hydrogen-bond donors (Lipinski definition) is 2. The van der Waals surface area contributed by atoms with Gasteiger partial charge in [-0.25, -0.2) is 18.4 Å². The Hall–Kier alpha value is -1.78. The third-order valence-corrected chi connectivity index (χ3v) is 5.47. The molecule has 1 aromatic rings. The zero-order chi connectivity index (χ0) is 18.3. The lowest BCUT2D eigenvalue weighted by molar-refractivity contribution is -0.120. The minimum Gasteiger partial charge on any atom is -0.373 e. The van der Waals surface area contributed by atoms with Crippen molar-refractivity contribution in [3.8, 4) is 0 Å². The molecular weight excluding hydrogens is 346 g/mol. The van der Waals surface area contributed by atoms with Gasteiger partial charge in [0.25, 0.3) is 0 Å². The first-order valence-corrected chi connectivity index (χ1v) is 9.88. The second kappa shape index (κ2) is 9.07. The van der Waals surface area contributed by atoms with Crippen molar-refractivity contribution in [1.29, 1.82) is 0 Å². The van der Waals surface area contributed by atoms with Crippen LogP contribution in [0.4, 0.5) is 5.95 Å². The second-order valence-corrected chi connectivity index (χ2v) is 8.08. The molecule has 0 unspecified atom stereocenters. The first-order chi connectivity index (χ1) is 11.9. The molecule has 25 heavy (non-hydrogen) atoms. The number of sulfonamides is 1. The maximum Gasteiger partial charge on any atom is 0.222 e. The Morgan fingerprint density at radius 3 is 2.52 bits per heavy atom. The highest BCUT2D eigenvalue weighted by atomic mass is 32.2. The van der Waals surface area contributed by atoms with Gasteiger partial charge in [-0.05, 0) is 19.9 Å². The number of anilines is 1. The van der Waals surface area contributed by atoms with Gasteiger partial charge < -0.3 is 15.4 Å². The van der Waals surface area contributed by atoms with E-state index in [2.05, 4.69) is 20.6 Å². The number of amides is 1. The number of rotatable bonds is 8. The number of nitrogens with zero attached hydrogens (tertiary/aromatic N) is 3.